The molecular weight excluding hydrogens is 475 g/mol. The highest BCUT2D eigenvalue weighted by Crippen LogP contribution is 2.61. The highest BCUT2D eigenvalue weighted by molar-refractivity contribution is 7.90. The van der Waals surface area contributed by atoms with E-state index in [9.17, 15) is 17.8 Å². The van der Waals surface area contributed by atoms with Crippen molar-refractivity contribution >= 4 is 35.3 Å². The number of sulfonamides is 1. The molecule has 2 aromatic carbocycles. The van der Waals surface area contributed by atoms with Gasteiger partial charge in [0, 0.05) is 5.02 Å². The third kappa shape index (κ3) is 7.32. The summed E-state index contributed by atoms with van der Waals surface area (Å²) in [5.74, 6) is -1.31. The second-order valence-electron chi connectivity index (χ2n) is 7.70. The topological polar surface area (TPSA) is 111 Å². The van der Waals surface area contributed by atoms with Gasteiger partial charge < -0.3 is 14.4 Å². The van der Waals surface area contributed by atoms with Gasteiger partial charge in [0.1, 0.15) is 0 Å². The summed E-state index contributed by atoms with van der Waals surface area (Å²) < 4.78 is 52.2. The number of aryl methyl sites for hydroxylation is 1. The van der Waals surface area contributed by atoms with Crippen LogP contribution in [0.3, 0.4) is 0 Å². The standard InChI is InChI=1S/C21H28ClN2O6PS/c1-14(2)29-31(26,30-15(3)4)20(17-7-6-8-18(22)13-17)23-21(25)24-32(27,28)19-11-9-16(5)10-12-19/h6-15,20H,1-5H3,(H2,23,24,25). The van der Waals surface area contributed by atoms with Gasteiger partial charge in [-0.2, -0.15) is 0 Å². The number of halogens is 1. The van der Waals surface area contributed by atoms with Crippen molar-refractivity contribution in [1.29, 1.82) is 0 Å². The maximum Gasteiger partial charge on any atom is 0.357 e. The van der Waals surface area contributed by atoms with Gasteiger partial charge in [-0.3, -0.25) is 4.57 Å². The molecule has 1 atom stereocenters. The molecule has 2 N–H and O–H groups in total. The number of urea groups is 1. The maximum absolute atomic E-state index is 13.8. The number of carbonyl (C=O) groups excluding carboxylic acids is 1. The van der Waals surface area contributed by atoms with E-state index in [0.717, 1.165) is 5.56 Å². The predicted molar refractivity (Wildman–Crippen MR) is 124 cm³/mol. The molecule has 2 rings (SSSR count). The van der Waals surface area contributed by atoms with Crippen molar-refractivity contribution in [2.24, 2.45) is 0 Å². The third-order valence-electron chi connectivity index (χ3n) is 4.02. The monoisotopic (exact) mass is 502 g/mol. The fourth-order valence-corrected chi connectivity index (χ4v) is 6.19. The van der Waals surface area contributed by atoms with E-state index in [2.05, 4.69) is 5.32 Å². The molecular formula is C21H28ClN2O6PS. The van der Waals surface area contributed by atoms with Gasteiger partial charge in [-0.1, -0.05) is 41.4 Å². The van der Waals surface area contributed by atoms with E-state index >= 15 is 0 Å². The number of amides is 2. The molecule has 0 spiro atoms. The van der Waals surface area contributed by atoms with Crippen LogP contribution >= 0.6 is 19.2 Å². The summed E-state index contributed by atoms with van der Waals surface area (Å²) in [6, 6.07) is 11.2. The molecule has 0 aliphatic carbocycles. The normalized spacial score (nSPS) is 13.2. The Morgan fingerprint density at radius 3 is 2.06 bits per heavy atom. The molecule has 8 nitrogen and oxygen atoms in total. The molecule has 0 radical (unpaired) electrons. The van der Waals surface area contributed by atoms with Gasteiger partial charge in [0.2, 0.25) is 0 Å². The quantitative estimate of drug-likeness (QED) is 0.445. The van der Waals surface area contributed by atoms with Crippen molar-refractivity contribution in [3.63, 3.8) is 0 Å². The van der Waals surface area contributed by atoms with Crippen molar-refractivity contribution in [2.45, 2.75) is 57.5 Å². The van der Waals surface area contributed by atoms with Crippen LogP contribution in [0, 0.1) is 6.92 Å². The molecule has 0 fully saturated rings. The lowest BCUT2D eigenvalue weighted by Gasteiger charge is -2.30. The van der Waals surface area contributed by atoms with E-state index in [-0.39, 0.29) is 4.90 Å². The molecule has 32 heavy (non-hydrogen) atoms. The Kier molecular flexibility index (Phi) is 8.90. The van der Waals surface area contributed by atoms with E-state index in [1.807, 2.05) is 11.6 Å². The van der Waals surface area contributed by atoms with Crippen LogP contribution in [0.5, 0.6) is 0 Å². The molecule has 0 aliphatic heterocycles. The molecule has 2 aromatic rings. The van der Waals surface area contributed by atoms with Gasteiger partial charge in [-0.25, -0.2) is 17.9 Å². The van der Waals surface area contributed by atoms with Gasteiger partial charge >= 0.3 is 13.6 Å². The number of rotatable bonds is 9. The zero-order valence-corrected chi connectivity index (χ0v) is 21.0. The zero-order chi connectivity index (χ0) is 24.1. The van der Waals surface area contributed by atoms with Crippen molar-refractivity contribution in [3.05, 3.63) is 64.7 Å². The molecule has 0 saturated heterocycles. The first-order valence-corrected chi connectivity index (χ1v) is 13.4. The highest BCUT2D eigenvalue weighted by atomic mass is 35.5. The first-order chi connectivity index (χ1) is 14.8. The van der Waals surface area contributed by atoms with E-state index in [1.165, 1.54) is 18.2 Å². The molecule has 0 heterocycles. The number of hydrogen-bond acceptors (Lipinski definition) is 6. The minimum absolute atomic E-state index is 0.0856. The van der Waals surface area contributed by atoms with Crippen LogP contribution in [0.1, 0.15) is 44.6 Å². The number of nitrogens with one attached hydrogen (secondary N) is 2. The molecule has 0 saturated carbocycles. The predicted octanol–water partition coefficient (Wildman–Crippen LogP) is 5.38. The molecule has 0 aliphatic rings. The Bertz CT molecular complexity index is 1080. The molecule has 11 heteroatoms. The highest BCUT2D eigenvalue weighted by Gasteiger charge is 2.41. The van der Waals surface area contributed by atoms with Gasteiger partial charge in [0.15, 0.2) is 5.78 Å². The smallest absolute Gasteiger partial charge is 0.319 e. The second-order valence-corrected chi connectivity index (χ2v) is 11.8. The molecule has 1 unspecified atom stereocenters. The summed E-state index contributed by atoms with van der Waals surface area (Å²) in [5.41, 5.74) is 1.21. The first-order valence-electron chi connectivity index (χ1n) is 9.94. The summed E-state index contributed by atoms with van der Waals surface area (Å²) in [4.78, 5) is 12.6. The van der Waals surface area contributed by atoms with Crippen LogP contribution in [-0.2, 0) is 23.6 Å². The Hall–Kier alpha value is -1.90. The lowest BCUT2D eigenvalue weighted by atomic mass is 10.2. The maximum atomic E-state index is 13.8. The van der Waals surface area contributed by atoms with Crippen LogP contribution < -0.4 is 10.0 Å². The van der Waals surface area contributed by atoms with Crippen molar-refractivity contribution in [3.8, 4) is 0 Å². The fourth-order valence-electron chi connectivity index (χ4n) is 2.81. The minimum Gasteiger partial charge on any atom is -0.319 e. The van der Waals surface area contributed by atoms with Crippen LogP contribution in [-0.4, -0.2) is 26.7 Å². The summed E-state index contributed by atoms with van der Waals surface area (Å²) in [5, 5.41) is 2.78. The molecule has 0 bridgehead atoms. The summed E-state index contributed by atoms with van der Waals surface area (Å²) >= 11 is 6.09. The Labute approximate surface area is 194 Å². The summed E-state index contributed by atoms with van der Waals surface area (Å²) in [7, 11) is -8.17. The first kappa shape index (κ1) is 26.4. The minimum atomic E-state index is -4.16. The summed E-state index contributed by atoms with van der Waals surface area (Å²) in [6.45, 7) is 8.51. The molecule has 0 aromatic heterocycles. The van der Waals surface area contributed by atoms with E-state index in [4.69, 9.17) is 20.6 Å². The SMILES string of the molecule is Cc1ccc(S(=O)(=O)NC(=O)NC(c2cccc(Cl)c2)P(=O)(OC(C)C)OC(C)C)cc1. The van der Waals surface area contributed by atoms with E-state index in [0.29, 0.717) is 10.6 Å². The lowest BCUT2D eigenvalue weighted by molar-refractivity contribution is 0.134. The fraction of sp³-hybridized carbons (Fsp3) is 0.381. The van der Waals surface area contributed by atoms with Gasteiger partial charge in [0.25, 0.3) is 10.0 Å². The number of benzene rings is 2. The zero-order valence-electron chi connectivity index (χ0n) is 18.5. The second kappa shape index (κ2) is 10.8. The lowest BCUT2D eigenvalue weighted by Crippen LogP contribution is -2.41. The van der Waals surface area contributed by atoms with Crippen molar-refractivity contribution < 1.29 is 26.8 Å². The molecule has 2 amide bonds. The van der Waals surface area contributed by atoms with Crippen LogP contribution in [0.2, 0.25) is 5.02 Å². The Balaban J connectivity index is 2.40. The number of carbonyl (C=O) groups is 1. The third-order valence-corrected chi connectivity index (χ3v) is 8.09. The van der Waals surface area contributed by atoms with Gasteiger partial charge in [-0.15, -0.1) is 0 Å². The van der Waals surface area contributed by atoms with Gasteiger partial charge in [0.05, 0.1) is 17.1 Å². The van der Waals surface area contributed by atoms with E-state index in [1.54, 1.807) is 58.0 Å². The molecule has 176 valence electrons. The van der Waals surface area contributed by atoms with Crippen molar-refractivity contribution in [2.75, 3.05) is 0 Å². The number of hydrogen-bond donors (Lipinski definition) is 2. The largest absolute Gasteiger partial charge is 0.357 e. The van der Waals surface area contributed by atoms with E-state index < -0.39 is 41.6 Å². The Morgan fingerprint density at radius 1 is 1.00 bits per heavy atom. The van der Waals surface area contributed by atoms with Crippen LogP contribution in [0.25, 0.3) is 0 Å². The van der Waals surface area contributed by atoms with Crippen molar-refractivity contribution in [1.82, 2.24) is 10.0 Å². The average Bonchev–Trinajstić information content (AvgIpc) is 2.64. The Morgan fingerprint density at radius 2 is 1.56 bits per heavy atom. The van der Waals surface area contributed by atoms with Gasteiger partial charge in [-0.05, 0) is 64.4 Å². The van der Waals surface area contributed by atoms with Crippen LogP contribution in [0.15, 0.2) is 53.4 Å². The summed E-state index contributed by atoms with van der Waals surface area (Å²) in [6.07, 6.45) is -0.996. The van der Waals surface area contributed by atoms with Crippen LogP contribution in [0.4, 0.5) is 4.79 Å². The average molecular weight is 503 g/mol.